The van der Waals surface area contributed by atoms with Gasteiger partial charge in [0.15, 0.2) is 17.4 Å². The third-order valence-electron chi connectivity index (χ3n) is 4.67. The number of hydrogen-bond acceptors (Lipinski definition) is 4. The molecule has 2 atom stereocenters. The number of methoxy groups -OCH3 is 1. The first-order chi connectivity index (χ1) is 13.0. The summed E-state index contributed by atoms with van der Waals surface area (Å²) in [5.74, 6) is -2.35. The lowest BCUT2D eigenvalue weighted by Crippen LogP contribution is -2.46. The molecule has 1 heterocycles. The van der Waals surface area contributed by atoms with Gasteiger partial charge in [0.05, 0.1) is 32.5 Å². The van der Waals surface area contributed by atoms with Crippen LogP contribution in [0, 0.1) is 11.6 Å². The lowest BCUT2D eigenvalue weighted by Gasteiger charge is -2.29. The highest BCUT2D eigenvalue weighted by molar-refractivity contribution is 5.95. The molecular formula is C20H21F2NO4. The number of likely N-dealkylation sites (N-methyl/N-ethyl adjacent to an activating group) is 1. The van der Waals surface area contributed by atoms with Crippen LogP contribution in [0.5, 0.6) is 5.75 Å². The van der Waals surface area contributed by atoms with Gasteiger partial charge in [0.25, 0.3) is 5.91 Å². The number of nitrogens with zero attached hydrogens (tertiary/aromatic N) is 1. The number of benzene rings is 2. The average molecular weight is 377 g/mol. The molecule has 0 aliphatic carbocycles. The van der Waals surface area contributed by atoms with E-state index in [9.17, 15) is 18.7 Å². The zero-order chi connectivity index (χ0) is 19.6. The van der Waals surface area contributed by atoms with Crippen LogP contribution in [0.3, 0.4) is 0 Å². The van der Waals surface area contributed by atoms with Crippen LogP contribution < -0.4 is 4.74 Å². The second-order valence-electron chi connectivity index (χ2n) is 6.32. The summed E-state index contributed by atoms with van der Waals surface area (Å²) in [4.78, 5) is 14.5. The van der Waals surface area contributed by atoms with Crippen molar-refractivity contribution in [2.24, 2.45) is 0 Å². The fourth-order valence-corrected chi connectivity index (χ4v) is 3.28. The van der Waals surface area contributed by atoms with Crippen molar-refractivity contribution in [3.63, 3.8) is 0 Å². The predicted molar refractivity (Wildman–Crippen MR) is 95.7 cm³/mol. The van der Waals surface area contributed by atoms with Crippen LogP contribution in [-0.4, -0.2) is 54.9 Å². The van der Waals surface area contributed by atoms with Crippen molar-refractivity contribution >= 4 is 5.91 Å². The van der Waals surface area contributed by atoms with Gasteiger partial charge < -0.3 is 19.5 Å². The van der Waals surface area contributed by atoms with E-state index >= 15 is 0 Å². The van der Waals surface area contributed by atoms with Crippen molar-refractivity contribution < 1.29 is 28.2 Å². The van der Waals surface area contributed by atoms with Crippen molar-refractivity contribution in [3.05, 3.63) is 53.6 Å². The molecule has 1 amide bonds. The van der Waals surface area contributed by atoms with E-state index in [1.54, 1.807) is 29.2 Å². The van der Waals surface area contributed by atoms with Crippen LogP contribution in [0.2, 0.25) is 0 Å². The minimum Gasteiger partial charge on any atom is -0.491 e. The lowest BCUT2D eigenvalue weighted by molar-refractivity contribution is 0.0520. The van der Waals surface area contributed by atoms with Crippen molar-refractivity contribution in [1.82, 2.24) is 4.90 Å². The molecule has 5 nitrogen and oxygen atoms in total. The maximum absolute atomic E-state index is 14.0. The molecule has 1 N–H and O–H groups in total. The van der Waals surface area contributed by atoms with Gasteiger partial charge in [-0.2, -0.15) is 0 Å². The zero-order valence-electron chi connectivity index (χ0n) is 15.1. The van der Waals surface area contributed by atoms with Crippen LogP contribution in [0.1, 0.15) is 17.3 Å². The Balaban J connectivity index is 1.92. The van der Waals surface area contributed by atoms with E-state index in [2.05, 4.69) is 0 Å². The number of hydrogen-bond donors (Lipinski definition) is 1. The summed E-state index contributed by atoms with van der Waals surface area (Å²) in [6, 6.07) is 8.44. The summed E-state index contributed by atoms with van der Waals surface area (Å²) in [7, 11) is 1.20. The van der Waals surface area contributed by atoms with Crippen LogP contribution in [0.15, 0.2) is 36.4 Å². The largest absolute Gasteiger partial charge is 0.491 e. The standard InChI is InChI=1S/C20H21F2NO4/c1-3-23(17-10-27-11-18(17)24)20(25)13-6-4-5-12(7-13)14-8-15(21)19(26-2)16(22)9-14/h4-9,17-18,24H,3,10-11H2,1-2H3. The molecule has 1 aliphatic heterocycles. The Kier molecular flexibility index (Phi) is 5.72. The molecule has 3 rings (SSSR count). The molecule has 0 radical (unpaired) electrons. The number of ether oxygens (including phenoxy) is 2. The molecule has 0 bridgehead atoms. The molecule has 2 unspecified atom stereocenters. The Morgan fingerprint density at radius 1 is 1.22 bits per heavy atom. The normalized spacial score (nSPS) is 19.1. The first kappa shape index (κ1) is 19.3. The zero-order valence-corrected chi connectivity index (χ0v) is 15.1. The summed E-state index contributed by atoms with van der Waals surface area (Å²) in [5.41, 5.74) is 1.17. The van der Waals surface area contributed by atoms with Crippen LogP contribution >= 0.6 is 0 Å². The Bertz CT molecular complexity index is 819. The van der Waals surface area contributed by atoms with Gasteiger partial charge in [-0.3, -0.25) is 4.79 Å². The molecule has 7 heteroatoms. The van der Waals surface area contributed by atoms with Gasteiger partial charge in [0, 0.05) is 12.1 Å². The topological polar surface area (TPSA) is 59.0 Å². The Labute approximate surface area is 156 Å². The van der Waals surface area contributed by atoms with E-state index in [0.29, 0.717) is 23.2 Å². The first-order valence-corrected chi connectivity index (χ1v) is 8.66. The van der Waals surface area contributed by atoms with E-state index in [0.717, 1.165) is 12.1 Å². The van der Waals surface area contributed by atoms with Gasteiger partial charge in [0.1, 0.15) is 0 Å². The maximum atomic E-state index is 14.0. The van der Waals surface area contributed by atoms with Gasteiger partial charge in [-0.15, -0.1) is 0 Å². The third-order valence-corrected chi connectivity index (χ3v) is 4.67. The van der Waals surface area contributed by atoms with Crippen molar-refractivity contribution in [2.75, 3.05) is 26.9 Å². The molecular weight excluding hydrogens is 356 g/mol. The second-order valence-corrected chi connectivity index (χ2v) is 6.32. The highest BCUT2D eigenvalue weighted by Gasteiger charge is 2.34. The van der Waals surface area contributed by atoms with Crippen LogP contribution in [0.25, 0.3) is 11.1 Å². The molecule has 0 aromatic heterocycles. The third kappa shape index (κ3) is 3.79. The minimum atomic E-state index is -0.814. The van der Waals surface area contributed by atoms with Gasteiger partial charge >= 0.3 is 0 Å². The summed E-state index contributed by atoms with van der Waals surface area (Å²) in [5, 5.41) is 10.0. The van der Waals surface area contributed by atoms with Crippen molar-refractivity contribution in [2.45, 2.75) is 19.1 Å². The molecule has 1 saturated heterocycles. The van der Waals surface area contributed by atoms with E-state index in [4.69, 9.17) is 9.47 Å². The predicted octanol–water partition coefficient (Wildman–Crippen LogP) is 2.86. The van der Waals surface area contributed by atoms with E-state index < -0.39 is 29.5 Å². The molecule has 0 spiro atoms. The molecule has 144 valence electrons. The number of rotatable bonds is 5. The molecule has 2 aromatic carbocycles. The molecule has 1 aliphatic rings. The Hall–Kier alpha value is -2.51. The summed E-state index contributed by atoms with van der Waals surface area (Å²) < 4.78 is 37.9. The van der Waals surface area contributed by atoms with Crippen molar-refractivity contribution in [1.29, 1.82) is 0 Å². The summed E-state index contributed by atoms with van der Waals surface area (Å²) in [6.45, 7) is 2.69. The maximum Gasteiger partial charge on any atom is 0.254 e. The van der Waals surface area contributed by atoms with E-state index in [-0.39, 0.29) is 19.1 Å². The quantitative estimate of drug-likeness (QED) is 0.871. The molecule has 27 heavy (non-hydrogen) atoms. The Morgan fingerprint density at radius 3 is 2.48 bits per heavy atom. The monoisotopic (exact) mass is 377 g/mol. The van der Waals surface area contributed by atoms with Gasteiger partial charge in [-0.05, 0) is 42.3 Å². The second kappa shape index (κ2) is 8.02. The smallest absolute Gasteiger partial charge is 0.254 e. The number of aliphatic hydroxyl groups is 1. The summed E-state index contributed by atoms with van der Waals surface area (Å²) in [6.07, 6.45) is -0.734. The molecule has 0 saturated carbocycles. The lowest BCUT2D eigenvalue weighted by atomic mass is 10.0. The first-order valence-electron chi connectivity index (χ1n) is 8.66. The van der Waals surface area contributed by atoms with Crippen molar-refractivity contribution in [3.8, 4) is 16.9 Å². The van der Waals surface area contributed by atoms with Gasteiger partial charge in [0.2, 0.25) is 0 Å². The number of carbonyl (C=O) groups is 1. The highest BCUT2D eigenvalue weighted by atomic mass is 19.1. The molecule has 2 aromatic rings. The Morgan fingerprint density at radius 2 is 1.93 bits per heavy atom. The number of carbonyl (C=O) groups excluding carboxylic acids is 1. The fourth-order valence-electron chi connectivity index (χ4n) is 3.28. The van der Waals surface area contributed by atoms with E-state index in [1.807, 2.05) is 6.92 Å². The van der Waals surface area contributed by atoms with Crippen LogP contribution in [-0.2, 0) is 4.74 Å². The molecule has 1 fully saturated rings. The van der Waals surface area contributed by atoms with Gasteiger partial charge in [-0.1, -0.05) is 12.1 Å². The average Bonchev–Trinajstić information content (AvgIpc) is 3.08. The number of amides is 1. The SMILES string of the molecule is CCN(C(=O)c1cccc(-c2cc(F)c(OC)c(F)c2)c1)C1COCC1O. The number of halogens is 2. The highest BCUT2D eigenvalue weighted by Crippen LogP contribution is 2.29. The number of aliphatic hydroxyl groups excluding tert-OH is 1. The summed E-state index contributed by atoms with van der Waals surface area (Å²) >= 11 is 0. The van der Waals surface area contributed by atoms with E-state index in [1.165, 1.54) is 7.11 Å². The fraction of sp³-hybridized carbons (Fsp3) is 0.350. The van der Waals surface area contributed by atoms with Crippen LogP contribution in [0.4, 0.5) is 8.78 Å². The minimum absolute atomic E-state index is 0.193. The van der Waals surface area contributed by atoms with Gasteiger partial charge in [-0.25, -0.2) is 8.78 Å².